The second-order valence-electron chi connectivity index (χ2n) is 7.62. The van der Waals surface area contributed by atoms with Gasteiger partial charge in [0.2, 0.25) is 0 Å². The second kappa shape index (κ2) is 7.61. The number of hydrogen-bond acceptors (Lipinski definition) is 1. The lowest BCUT2D eigenvalue weighted by molar-refractivity contribution is -0.00158. The van der Waals surface area contributed by atoms with Gasteiger partial charge in [-0.2, -0.15) is 0 Å². The van der Waals surface area contributed by atoms with Gasteiger partial charge in [-0.15, -0.1) is 0 Å². The molecule has 0 saturated carbocycles. The third-order valence-corrected chi connectivity index (χ3v) is 4.75. The molecular formula is C17H35FO. The molecule has 3 unspecified atom stereocenters. The van der Waals surface area contributed by atoms with Crippen molar-refractivity contribution in [2.75, 3.05) is 0 Å². The highest BCUT2D eigenvalue weighted by molar-refractivity contribution is 4.78. The Kier molecular flexibility index (Phi) is 7.57. The van der Waals surface area contributed by atoms with Gasteiger partial charge in [0.25, 0.3) is 0 Å². The van der Waals surface area contributed by atoms with E-state index in [1.807, 2.05) is 6.92 Å². The fourth-order valence-corrected chi connectivity index (χ4v) is 2.22. The Bertz CT molecular complexity index is 240. The molecule has 2 heteroatoms. The summed E-state index contributed by atoms with van der Waals surface area (Å²) in [6, 6.07) is 0. The maximum absolute atomic E-state index is 13.4. The van der Waals surface area contributed by atoms with Crippen LogP contribution in [-0.4, -0.2) is 16.4 Å². The van der Waals surface area contributed by atoms with Crippen LogP contribution in [-0.2, 0) is 0 Å². The van der Waals surface area contributed by atoms with Gasteiger partial charge in [0.05, 0.1) is 5.60 Å². The van der Waals surface area contributed by atoms with Crippen molar-refractivity contribution in [2.45, 2.75) is 91.8 Å². The van der Waals surface area contributed by atoms with Gasteiger partial charge in [-0.05, 0) is 57.8 Å². The molecule has 3 atom stereocenters. The molecule has 0 radical (unpaired) electrons. The summed E-state index contributed by atoms with van der Waals surface area (Å²) in [5.41, 5.74) is -1.60. The average Bonchev–Trinajstić information content (AvgIpc) is 2.23. The Morgan fingerprint density at radius 3 is 1.79 bits per heavy atom. The summed E-state index contributed by atoms with van der Waals surface area (Å²) in [6.07, 6.45) is 4.58. The van der Waals surface area contributed by atoms with Gasteiger partial charge in [-0.1, -0.05) is 40.5 Å². The zero-order chi connectivity index (χ0) is 15.3. The SMILES string of the molecule is CC(CCCC(C)(C)F)C(C)CCC(C)(O)C(C)C. The van der Waals surface area contributed by atoms with Crippen molar-refractivity contribution in [1.29, 1.82) is 0 Å². The van der Waals surface area contributed by atoms with Gasteiger partial charge in [0.1, 0.15) is 5.67 Å². The Balaban J connectivity index is 3.98. The Morgan fingerprint density at radius 1 is 0.895 bits per heavy atom. The first-order chi connectivity index (χ1) is 8.46. The van der Waals surface area contributed by atoms with Crippen LogP contribution in [0.15, 0.2) is 0 Å². The quantitative estimate of drug-likeness (QED) is 0.599. The van der Waals surface area contributed by atoms with Crippen molar-refractivity contribution < 1.29 is 9.50 Å². The smallest absolute Gasteiger partial charge is 0.105 e. The summed E-state index contributed by atoms with van der Waals surface area (Å²) < 4.78 is 13.4. The van der Waals surface area contributed by atoms with Crippen LogP contribution in [0.1, 0.15) is 80.6 Å². The van der Waals surface area contributed by atoms with E-state index in [9.17, 15) is 9.50 Å². The lowest BCUT2D eigenvalue weighted by Crippen LogP contribution is -2.31. The van der Waals surface area contributed by atoms with E-state index in [0.717, 1.165) is 25.7 Å². The minimum Gasteiger partial charge on any atom is -0.390 e. The van der Waals surface area contributed by atoms with Crippen LogP contribution in [0.2, 0.25) is 0 Å². The number of aliphatic hydroxyl groups is 1. The Morgan fingerprint density at radius 2 is 1.37 bits per heavy atom. The van der Waals surface area contributed by atoms with Crippen molar-refractivity contribution in [1.82, 2.24) is 0 Å². The minimum absolute atomic E-state index is 0.294. The van der Waals surface area contributed by atoms with E-state index in [1.54, 1.807) is 13.8 Å². The minimum atomic E-state index is -1.04. The number of hydrogen-bond donors (Lipinski definition) is 1. The first-order valence-corrected chi connectivity index (χ1v) is 7.87. The zero-order valence-electron chi connectivity index (χ0n) is 14.1. The van der Waals surface area contributed by atoms with Gasteiger partial charge >= 0.3 is 0 Å². The van der Waals surface area contributed by atoms with Crippen LogP contribution in [0.5, 0.6) is 0 Å². The molecular weight excluding hydrogens is 239 g/mol. The lowest BCUT2D eigenvalue weighted by atomic mass is 9.81. The topological polar surface area (TPSA) is 20.2 Å². The van der Waals surface area contributed by atoms with Gasteiger partial charge in [0, 0.05) is 0 Å². The van der Waals surface area contributed by atoms with Crippen molar-refractivity contribution in [3.8, 4) is 0 Å². The first-order valence-electron chi connectivity index (χ1n) is 7.87. The van der Waals surface area contributed by atoms with E-state index in [0.29, 0.717) is 24.2 Å². The molecule has 0 aliphatic heterocycles. The van der Waals surface area contributed by atoms with E-state index >= 15 is 0 Å². The molecule has 116 valence electrons. The van der Waals surface area contributed by atoms with E-state index < -0.39 is 11.3 Å². The number of alkyl halides is 1. The molecule has 0 aromatic carbocycles. The fourth-order valence-electron chi connectivity index (χ4n) is 2.22. The van der Waals surface area contributed by atoms with Crippen molar-refractivity contribution in [3.63, 3.8) is 0 Å². The number of halogens is 1. The average molecular weight is 274 g/mol. The van der Waals surface area contributed by atoms with Crippen LogP contribution in [0.25, 0.3) is 0 Å². The highest BCUT2D eigenvalue weighted by atomic mass is 19.1. The van der Waals surface area contributed by atoms with Gasteiger partial charge in [-0.3, -0.25) is 0 Å². The molecule has 0 aromatic heterocycles. The third kappa shape index (κ3) is 8.62. The highest BCUT2D eigenvalue weighted by Crippen LogP contribution is 2.29. The maximum Gasteiger partial charge on any atom is 0.105 e. The molecule has 0 heterocycles. The largest absolute Gasteiger partial charge is 0.390 e. The van der Waals surface area contributed by atoms with E-state index in [4.69, 9.17) is 0 Å². The summed E-state index contributed by atoms with van der Waals surface area (Å²) in [5, 5.41) is 10.3. The van der Waals surface area contributed by atoms with E-state index in [-0.39, 0.29) is 0 Å². The lowest BCUT2D eigenvalue weighted by Gasteiger charge is -2.30. The summed E-state index contributed by atoms with van der Waals surface area (Å²) in [5.74, 6) is 1.49. The summed E-state index contributed by atoms with van der Waals surface area (Å²) in [7, 11) is 0. The molecule has 0 aliphatic rings. The predicted molar refractivity (Wildman–Crippen MR) is 82.1 cm³/mol. The Labute approximate surface area is 120 Å². The van der Waals surface area contributed by atoms with Crippen molar-refractivity contribution in [3.05, 3.63) is 0 Å². The van der Waals surface area contributed by atoms with Crippen LogP contribution < -0.4 is 0 Å². The van der Waals surface area contributed by atoms with Crippen molar-refractivity contribution >= 4 is 0 Å². The molecule has 1 N–H and O–H groups in total. The van der Waals surface area contributed by atoms with Gasteiger partial charge < -0.3 is 5.11 Å². The van der Waals surface area contributed by atoms with Crippen molar-refractivity contribution in [2.24, 2.45) is 17.8 Å². The summed E-state index contributed by atoms with van der Waals surface area (Å²) in [6.45, 7) is 13.9. The van der Waals surface area contributed by atoms with Gasteiger partial charge in [0.15, 0.2) is 0 Å². The van der Waals surface area contributed by atoms with Crippen LogP contribution in [0, 0.1) is 17.8 Å². The molecule has 0 fully saturated rings. The van der Waals surface area contributed by atoms with Crippen LogP contribution >= 0.6 is 0 Å². The molecule has 0 amide bonds. The van der Waals surface area contributed by atoms with Gasteiger partial charge in [-0.25, -0.2) is 4.39 Å². The maximum atomic E-state index is 13.4. The zero-order valence-corrected chi connectivity index (χ0v) is 14.1. The highest BCUT2D eigenvalue weighted by Gasteiger charge is 2.26. The molecule has 0 aliphatic carbocycles. The molecule has 0 rings (SSSR count). The predicted octanol–water partition coefficient (Wildman–Crippen LogP) is 5.36. The molecule has 0 bridgehead atoms. The van der Waals surface area contributed by atoms with Crippen LogP contribution in [0.4, 0.5) is 4.39 Å². The molecule has 19 heavy (non-hydrogen) atoms. The molecule has 0 aromatic rings. The molecule has 0 spiro atoms. The summed E-state index contributed by atoms with van der Waals surface area (Å²) in [4.78, 5) is 0. The van der Waals surface area contributed by atoms with E-state index in [2.05, 4.69) is 27.7 Å². The number of rotatable bonds is 9. The summed E-state index contributed by atoms with van der Waals surface area (Å²) >= 11 is 0. The standard InChI is InChI=1S/C17H35FO/c1-13(2)17(7,19)12-10-15(4)14(3)9-8-11-16(5,6)18/h13-15,19H,8-12H2,1-7H3. The Hall–Kier alpha value is -0.110. The second-order valence-corrected chi connectivity index (χ2v) is 7.62. The van der Waals surface area contributed by atoms with E-state index in [1.165, 1.54) is 0 Å². The monoisotopic (exact) mass is 274 g/mol. The normalized spacial score (nSPS) is 19.3. The fraction of sp³-hybridized carbons (Fsp3) is 1.00. The first kappa shape index (κ1) is 18.9. The van der Waals surface area contributed by atoms with Crippen LogP contribution in [0.3, 0.4) is 0 Å². The molecule has 0 saturated heterocycles. The molecule has 1 nitrogen and oxygen atoms in total. The third-order valence-electron chi connectivity index (χ3n) is 4.75.